The zero-order chi connectivity index (χ0) is 14.5. The summed E-state index contributed by atoms with van der Waals surface area (Å²) >= 11 is 3.43. The summed E-state index contributed by atoms with van der Waals surface area (Å²) in [4.78, 5) is 4.04. The van der Waals surface area contributed by atoms with Crippen LogP contribution < -0.4 is 4.74 Å². The van der Waals surface area contributed by atoms with Crippen molar-refractivity contribution in [3.05, 3.63) is 82.9 Å². The number of imidazole rings is 1. The molecule has 0 N–H and O–H groups in total. The van der Waals surface area contributed by atoms with Crippen LogP contribution in [0.25, 0.3) is 0 Å². The van der Waals surface area contributed by atoms with Gasteiger partial charge in [-0.25, -0.2) is 4.98 Å². The summed E-state index contributed by atoms with van der Waals surface area (Å²) in [6, 6.07) is 16.3. The fraction of sp³-hybridized carbons (Fsp3) is 0.118. The first-order valence-corrected chi connectivity index (χ1v) is 7.51. The Hall–Kier alpha value is -2.07. The average Bonchev–Trinajstić information content (AvgIpc) is 3.01. The highest BCUT2D eigenvalue weighted by Crippen LogP contribution is 2.16. The third-order valence-corrected chi connectivity index (χ3v) is 3.70. The molecular formula is C17H15BrN2O. The number of benzene rings is 2. The minimum absolute atomic E-state index is 0.578. The van der Waals surface area contributed by atoms with Gasteiger partial charge in [0.25, 0.3) is 0 Å². The molecule has 1 heterocycles. The van der Waals surface area contributed by atoms with E-state index in [9.17, 15) is 0 Å². The van der Waals surface area contributed by atoms with Crippen molar-refractivity contribution in [1.82, 2.24) is 9.55 Å². The molecular weight excluding hydrogens is 328 g/mol. The molecule has 0 spiro atoms. The summed E-state index contributed by atoms with van der Waals surface area (Å²) in [6.45, 7) is 1.40. The highest BCUT2D eigenvalue weighted by Gasteiger charge is 1.98. The first-order valence-electron chi connectivity index (χ1n) is 6.71. The molecule has 0 aliphatic carbocycles. The zero-order valence-corrected chi connectivity index (χ0v) is 13.0. The van der Waals surface area contributed by atoms with E-state index in [4.69, 9.17) is 4.74 Å². The van der Waals surface area contributed by atoms with Crippen LogP contribution in [-0.2, 0) is 13.2 Å². The van der Waals surface area contributed by atoms with Crippen LogP contribution in [0.5, 0.6) is 5.75 Å². The summed E-state index contributed by atoms with van der Waals surface area (Å²) in [5.74, 6) is 0.882. The Labute approximate surface area is 132 Å². The Morgan fingerprint density at radius 3 is 2.33 bits per heavy atom. The smallest absolute Gasteiger partial charge is 0.119 e. The Morgan fingerprint density at radius 2 is 1.67 bits per heavy atom. The molecule has 0 bridgehead atoms. The standard InChI is InChI=1S/C17H15BrN2O/c18-16-5-1-15(2-6-16)12-21-17-7-3-14(4-8-17)11-20-10-9-19-13-20/h1-10,13H,11-12H2. The molecule has 0 amide bonds. The lowest BCUT2D eigenvalue weighted by atomic mass is 10.2. The van der Waals surface area contributed by atoms with Crippen LogP contribution >= 0.6 is 15.9 Å². The van der Waals surface area contributed by atoms with Gasteiger partial charge in [-0.15, -0.1) is 0 Å². The van der Waals surface area contributed by atoms with E-state index >= 15 is 0 Å². The van der Waals surface area contributed by atoms with Crippen molar-refractivity contribution >= 4 is 15.9 Å². The molecule has 0 saturated heterocycles. The third kappa shape index (κ3) is 3.95. The van der Waals surface area contributed by atoms with Crippen molar-refractivity contribution in [2.75, 3.05) is 0 Å². The highest BCUT2D eigenvalue weighted by atomic mass is 79.9. The summed E-state index contributed by atoms with van der Waals surface area (Å²) in [5.41, 5.74) is 2.38. The van der Waals surface area contributed by atoms with E-state index in [1.807, 2.05) is 41.4 Å². The fourth-order valence-corrected chi connectivity index (χ4v) is 2.29. The predicted molar refractivity (Wildman–Crippen MR) is 86.2 cm³/mol. The van der Waals surface area contributed by atoms with Gasteiger partial charge in [-0.2, -0.15) is 0 Å². The van der Waals surface area contributed by atoms with Gasteiger partial charge in [0.15, 0.2) is 0 Å². The maximum atomic E-state index is 5.79. The van der Waals surface area contributed by atoms with Crippen molar-refractivity contribution in [3.8, 4) is 5.75 Å². The lowest BCUT2D eigenvalue weighted by Crippen LogP contribution is -1.98. The van der Waals surface area contributed by atoms with E-state index in [1.54, 1.807) is 6.20 Å². The summed E-state index contributed by atoms with van der Waals surface area (Å²) < 4.78 is 8.91. The van der Waals surface area contributed by atoms with Crippen LogP contribution in [0.2, 0.25) is 0 Å². The molecule has 1 aromatic heterocycles. The van der Waals surface area contributed by atoms with Crippen LogP contribution in [0.1, 0.15) is 11.1 Å². The van der Waals surface area contributed by atoms with Gasteiger partial charge in [0.05, 0.1) is 6.33 Å². The van der Waals surface area contributed by atoms with E-state index in [1.165, 1.54) is 5.56 Å². The lowest BCUT2D eigenvalue weighted by molar-refractivity contribution is 0.306. The first kappa shape index (κ1) is 13.9. The van der Waals surface area contributed by atoms with E-state index in [0.29, 0.717) is 6.61 Å². The Bertz CT molecular complexity index is 676. The Balaban J connectivity index is 1.58. The van der Waals surface area contributed by atoms with Crippen molar-refractivity contribution in [2.45, 2.75) is 13.2 Å². The second-order valence-electron chi connectivity index (χ2n) is 4.79. The van der Waals surface area contributed by atoms with E-state index in [-0.39, 0.29) is 0 Å². The minimum atomic E-state index is 0.578. The molecule has 0 unspecified atom stereocenters. The first-order chi connectivity index (χ1) is 10.3. The largest absolute Gasteiger partial charge is 0.489 e. The van der Waals surface area contributed by atoms with Crippen molar-refractivity contribution in [1.29, 1.82) is 0 Å². The molecule has 3 rings (SSSR count). The summed E-state index contributed by atoms with van der Waals surface area (Å²) in [5, 5.41) is 0. The van der Waals surface area contributed by atoms with Crippen LogP contribution in [0.3, 0.4) is 0 Å². The molecule has 0 atom stereocenters. The molecule has 0 radical (unpaired) electrons. The number of aromatic nitrogens is 2. The van der Waals surface area contributed by atoms with Gasteiger partial charge in [-0.3, -0.25) is 0 Å². The molecule has 0 fully saturated rings. The summed E-state index contributed by atoms with van der Waals surface area (Å²) in [7, 11) is 0. The fourth-order valence-electron chi connectivity index (χ4n) is 2.03. The second-order valence-corrected chi connectivity index (χ2v) is 5.71. The van der Waals surface area contributed by atoms with Crippen molar-refractivity contribution in [3.63, 3.8) is 0 Å². The summed E-state index contributed by atoms with van der Waals surface area (Å²) in [6.07, 6.45) is 5.56. The number of hydrogen-bond donors (Lipinski definition) is 0. The van der Waals surface area contributed by atoms with Crippen LogP contribution in [0.4, 0.5) is 0 Å². The number of halogens is 1. The molecule has 0 saturated carbocycles. The highest BCUT2D eigenvalue weighted by molar-refractivity contribution is 9.10. The molecule has 0 aliphatic rings. The van der Waals surface area contributed by atoms with Crippen molar-refractivity contribution < 1.29 is 4.74 Å². The van der Waals surface area contributed by atoms with Gasteiger partial charge < -0.3 is 9.30 Å². The molecule has 2 aromatic carbocycles. The van der Waals surface area contributed by atoms with Crippen molar-refractivity contribution in [2.24, 2.45) is 0 Å². The minimum Gasteiger partial charge on any atom is -0.489 e. The number of ether oxygens (including phenoxy) is 1. The van der Waals surface area contributed by atoms with Crippen LogP contribution in [0.15, 0.2) is 71.7 Å². The molecule has 21 heavy (non-hydrogen) atoms. The molecule has 106 valence electrons. The van der Waals surface area contributed by atoms with Crippen LogP contribution in [0, 0.1) is 0 Å². The number of nitrogens with zero attached hydrogens (tertiary/aromatic N) is 2. The average molecular weight is 343 g/mol. The maximum absolute atomic E-state index is 5.79. The van der Waals surface area contributed by atoms with Crippen LogP contribution in [-0.4, -0.2) is 9.55 Å². The predicted octanol–water partition coefficient (Wildman–Crippen LogP) is 4.27. The SMILES string of the molecule is Brc1ccc(COc2ccc(Cn3ccnc3)cc2)cc1. The maximum Gasteiger partial charge on any atom is 0.119 e. The van der Waals surface area contributed by atoms with Gasteiger partial charge in [0.2, 0.25) is 0 Å². The Morgan fingerprint density at radius 1 is 0.952 bits per heavy atom. The lowest BCUT2D eigenvalue weighted by Gasteiger charge is -2.08. The molecule has 3 nitrogen and oxygen atoms in total. The number of rotatable bonds is 5. The normalized spacial score (nSPS) is 10.5. The molecule has 0 aliphatic heterocycles. The zero-order valence-electron chi connectivity index (χ0n) is 11.4. The third-order valence-electron chi connectivity index (χ3n) is 3.17. The molecule has 3 aromatic rings. The van der Waals surface area contributed by atoms with Gasteiger partial charge >= 0.3 is 0 Å². The van der Waals surface area contributed by atoms with Gasteiger partial charge in [0, 0.05) is 23.4 Å². The Kier molecular flexibility index (Phi) is 4.36. The van der Waals surface area contributed by atoms with Gasteiger partial charge in [-0.1, -0.05) is 40.2 Å². The second kappa shape index (κ2) is 6.59. The quantitative estimate of drug-likeness (QED) is 0.692. The van der Waals surface area contributed by atoms with E-state index in [0.717, 1.165) is 22.3 Å². The number of hydrogen-bond acceptors (Lipinski definition) is 2. The monoisotopic (exact) mass is 342 g/mol. The van der Waals surface area contributed by atoms with Gasteiger partial charge in [0.1, 0.15) is 12.4 Å². The topological polar surface area (TPSA) is 27.1 Å². The molecule has 4 heteroatoms. The van der Waals surface area contributed by atoms with E-state index < -0.39 is 0 Å². The van der Waals surface area contributed by atoms with Gasteiger partial charge in [-0.05, 0) is 35.4 Å². The van der Waals surface area contributed by atoms with E-state index in [2.05, 4.69) is 45.2 Å².